The highest BCUT2D eigenvalue weighted by molar-refractivity contribution is 5.76. The molecule has 0 saturated heterocycles. The first kappa shape index (κ1) is 79.6. The standard InChI is InChI=1S/C75H147NO5/c1-3-5-7-9-11-13-14-15-16-43-46-49-53-57-61-65-69-75(80)81-70-66-62-58-54-50-47-44-41-39-37-35-33-31-29-27-25-23-21-19-17-18-20-22-24-26-28-30-32-34-36-38-40-42-45-48-52-56-60-64-68-74(79)76-72(71-77)73(78)67-63-59-55-51-12-10-8-6-4-2/h17-18,72-73,77-78H,3-16,19-71H2,1-2H3,(H,76,79)/b18-17-. The van der Waals surface area contributed by atoms with Gasteiger partial charge in [-0.2, -0.15) is 0 Å². The number of aliphatic hydroxyl groups is 2. The molecule has 0 fully saturated rings. The molecule has 0 aliphatic rings. The average Bonchev–Trinajstić information content (AvgIpc) is 3.47. The van der Waals surface area contributed by atoms with E-state index in [0.29, 0.717) is 25.9 Å². The molecule has 0 aromatic rings. The molecule has 482 valence electrons. The van der Waals surface area contributed by atoms with E-state index in [9.17, 15) is 19.8 Å². The van der Waals surface area contributed by atoms with Crippen molar-refractivity contribution in [1.82, 2.24) is 5.32 Å². The third-order valence-corrected chi connectivity index (χ3v) is 17.8. The number of aliphatic hydroxyl groups excluding tert-OH is 2. The normalized spacial score (nSPS) is 12.5. The van der Waals surface area contributed by atoms with Crippen LogP contribution in [0.5, 0.6) is 0 Å². The van der Waals surface area contributed by atoms with E-state index in [1.54, 1.807) is 0 Å². The minimum atomic E-state index is -0.658. The molecule has 2 atom stereocenters. The molecule has 0 aromatic heterocycles. The molecule has 1 amide bonds. The fraction of sp³-hybridized carbons (Fsp3) is 0.947. The first-order valence-electron chi connectivity index (χ1n) is 37.4. The fourth-order valence-corrected chi connectivity index (χ4v) is 12.1. The predicted molar refractivity (Wildman–Crippen MR) is 357 cm³/mol. The highest BCUT2D eigenvalue weighted by Gasteiger charge is 2.20. The first-order valence-corrected chi connectivity index (χ1v) is 37.4. The van der Waals surface area contributed by atoms with Crippen LogP contribution in [-0.4, -0.2) is 47.4 Å². The summed E-state index contributed by atoms with van der Waals surface area (Å²) in [6.45, 7) is 4.98. The van der Waals surface area contributed by atoms with Crippen molar-refractivity contribution >= 4 is 11.9 Å². The number of unbranched alkanes of at least 4 members (excludes halogenated alkanes) is 58. The van der Waals surface area contributed by atoms with Gasteiger partial charge in [0.05, 0.1) is 25.4 Å². The fourth-order valence-electron chi connectivity index (χ4n) is 12.1. The summed E-state index contributed by atoms with van der Waals surface area (Å²) in [4.78, 5) is 24.5. The number of hydrogen-bond donors (Lipinski definition) is 3. The molecule has 2 unspecified atom stereocenters. The van der Waals surface area contributed by atoms with Gasteiger partial charge in [0.1, 0.15) is 0 Å². The summed E-state index contributed by atoms with van der Waals surface area (Å²) >= 11 is 0. The number of amides is 1. The van der Waals surface area contributed by atoms with Crippen molar-refractivity contribution in [3.8, 4) is 0 Å². The van der Waals surface area contributed by atoms with Gasteiger partial charge in [-0.3, -0.25) is 9.59 Å². The summed E-state index contributed by atoms with van der Waals surface area (Å²) in [5.41, 5.74) is 0. The highest BCUT2D eigenvalue weighted by atomic mass is 16.5. The zero-order chi connectivity index (χ0) is 58.5. The monoisotopic (exact) mass is 1140 g/mol. The molecule has 0 aliphatic carbocycles. The van der Waals surface area contributed by atoms with Crippen LogP contribution in [0.4, 0.5) is 0 Å². The number of carbonyl (C=O) groups is 2. The number of hydrogen-bond acceptors (Lipinski definition) is 5. The van der Waals surface area contributed by atoms with Crippen molar-refractivity contribution < 1.29 is 24.5 Å². The second kappa shape index (κ2) is 71.1. The third-order valence-electron chi connectivity index (χ3n) is 17.8. The van der Waals surface area contributed by atoms with Crippen LogP contribution in [0, 0.1) is 0 Å². The number of esters is 1. The quantitative estimate of drug-likeness (QED) is 0.0320. The number of ether oxygens (including phenoxy) is 1. The highest BCUT2D eigenvalue weighted by Crippen LogP contribution is 2.20. The largest absolute Gasteiger partial charge is 0.466 e. The Labute approximate surface area is 508 Å². The molecule has 0 spiro atoms. The molecular weight excluding hydrogens is 995 g/mol. The molecule has 0 aromatic carbocycles. The maximum atomic E-state index is 12.4. The van der Waals surface area contributed by atoms with E-state index in [-0.39, 0.29) is 18.5 Å². The van der Waals surface area contributed by atoms with Crippen molar-refractivity contribution in [2.45, 2.75) is 443 Å². The lowest BCUT2D eigenvalue weighted by Crippen LogP contribution is -2.45. The summed E-state index contributed by atoms with van der Waals surface area (Å²) < 4.78 is 5.51. The lowest BCUT2D eigenvalue weighted by molar-refractivity contribution is -0.143. The van der Waals surface area contributed by atoms with Gasteiger partial charge >= 0.3 is 5.97 Å². The summed E-state index contributed by atoms with van der Waals surface area (Å²) in [6, 6.07) is -0.535. The van der Waals surface area contributed by atoms with Gasteiger partial charge in [-0.05, 0) is 51.4 Å². The molecule has 0 rings (SSSR count). The molecule has 6 nitrogen and oxygen atoms in total. The topological polar surface area (TPSA) is 95.9 Å². The van der Waals surface area contributed by atoms with Crippen LogP contribution in [0.25, 0.3) is 0 Å². The minimum Gasteiger partial charge on any atom is -0.466 e. The van der Waals surface area contributed by atoms with Crippen molar-refractivity contribution in [2.24, 2.45) is 0 Å². The van der Waals surface area contributed by atoms with E-state index in [2.05, 4.69) is 31.3 Å². The van der Waals surface area contributed by atoms with Crippen LogP contribution in [-0.2, 0) is 14.3 Å². The predicted octanol–water partition coefficient (Wildman–Crippen LogP) is 24.3. The van der Waals surface area contributed by atoms with Crippen molar-refractivity contribution in [2.75, 3.05) is 13.2 Å². The molecule has 0 bridgehead atoms. The van der Waals surface area contributed by atoms with Gasteiger partial charge in [0.15, 0.2) is 0 Å². The summed E-state index contributed by atoms with van der Waals surface area (Å²) in [5, 5.41) is 23.2. The smallest absolute Gasteiger partial charge is 0.305 e. The molecule has 3 N–H and O–H groups in total. The summed E-state index contributed by atoms with van der Waals surface area (Å²) in [7, 11) is 0. The molecule has 6 heteroatoms. The zero-order valence-electron chi connectivity index (χ0n) is 55.3. The Bertz CT molecular complexity index is 1220. The molecule has 0 saturated carbocycles. The maximum absolute atomic E-state index is 12.4. The Morgan fingerprint density at radius 2 is 0.580 bits per heavy atom. The Kier molecular flexibility index (Phi) is 69.9. The lowest BCUT2D eigenvalue weighted by Gasteiger charge is -2.22. The molecule has 0 aliphatic heterocycles. The zero-order valence-corrected chi connectivity index (χ0v) is 55.3. The van der Waals surface area contributed by atoms with Crippen molar-refractivity contribution in [3.05, 3.63) is 12.2 Å². The van der Waals surface area contributed by atoms with E-state index in [0.717, 1.165) is 38.5 Å². The van der Waals surface area contributed by atoms with Gasteiger partial charge in [-0.1, -0.05) is 379 Å². The van der Waals surface area contributed by atoms with Crippen LogP contribution >= 0.6 is 0 Å². The number of rotatable bonds is 71. The Morgan fingerprint density at radius 3 is 0.877 bits per heavy atom. The number of nitrogens with one attached hydrogen (secondary N) is 1. The van der Waals surface area contributed by atoms with Crippen molar-refractivity contribution in [1.29, 1.82) is 0 Å². The van der Waals surface area contributed by atoms with Crippen molar-refractivity contribution in [3.63, 3.8) is 0 Å². The van der Waals surface area contributed by atoms with Gasteiger partial charge in [0.25, 0.3) is 0 Å². The summed E-state index contributed by atoms with van der Waals surface area (Å²) in [6.07, 6.45) is 88.9. The maximum Gasteiger partial charge on any atom is 0.305 e. The van der Waals surface area contributed by atoms with Crippen LogP contribution in [0.1, 0.15) is 431 Å². The Hall–Kier alpha value is -1.40. The Balaban J connectivity index is 3.27. The van der Waals surface area contributed by atoms with Crippen LogP contribution in [0.2, 0.25) is 0 Å². The molecule has 0 radical (unpaired) electrons. The first-order chi connectivity index (χ1) is 40.0. The second-order valence-electron chi connectivity index (χ2n) is 26.0. The number of allylic oxidation sites excluding steroid dienone is 2. The van der Waals surface area contributed by atoms with E-state index >= 15 is 0 Å². The average molecular weight is 1140 g/mol. The molecular formula is C75H147NO5. The minimum absolute atomic E-state index is 0.0268. The molecule has 0 heterocycles. The van der Waals surface area contributed by atoms with E-state index < -0.39 is 12.1 Å². The van der Waals surface area contributed by atoms with Gasteiger partial charge in [-0.15, -0.1) is 0 Å². The van der Waals surface area contributed by atoms with E-state index in [4.69, 9.17) is 4.74 Å². The van der Waals surface area contributed by atoms with Crippen LogP contribution < -0.4 is 5.32 Å². The van der Waals surface area contributed by atoms with Gasteiger partial charge < -0.3 is 20.3 Å². The van der Waals surface area contributed by atoms with Crippen LogP contribution in [0.3, 0.4) is 0 Å². The number of carbonyl (C=O) groups excluding carboxylic acids is 2. The van der Waals surface area contributed by atoms with E-state index in [1.165, 1.54) is 360 Å². The molecule has 81 heavy (non-hydrogen) atoms. The van der Waals surface area contributed by atoms with Crippen LogP contribution in [0.15, 0.2) is 12.2 Å². The summed E-state index contributed by atoms with van der Waals surface area (Å²) in [5.74, 6) is -0.00391. The Morgan fingerprint density at radius 1 is 0.333 bits per heavy atom. The SMILES string of the molecule is CCCCCCCCCCCCCCCCCCC(=O)OCCCCCCCCCCCCCCCCCCCC/C=C\CCCCCCCCCCCCCCCCCCCC(=O)NC(CO)C(O)CCCCCCCCCCC. The van der Waals surface area contributed by atoms with Gasteiger partial charge in [0.2, 0.25) is 5.91 Å². The van der Waals surface area contributed by atoms with Gasteiger partial charge in [-0.25, -0.2) is 0 Å². The lowest BCUT2D eigenvalue weighted by atomic mass is 10.0. The van der Waals surface area contributed by atoms with E-state index in [1.807, 2.05) is 0 Å². The second-order valence-corrected chi connectivity index (χ2v) is 26.0. The van der Waals surface area contributed by atoms with Gasteiger partial charge in [0, 0.05) is 12.8 Å². The third kappa shape index (κ3) is 67.6.